The molecule has 0 saturated heterocycles. The van der Waals surface area contributed by atoms with E-state index >= 15 is 0 Å². The highest BCUT2D eigenvalue weighted by molar-refractivity contribution is 7.71. The SMILES string of the molecule is COc1cccc(F)c1-c1c[nH]c(=S)[nH]1. The van der Waals surface area contributed by atoms with Gasteiger partial charge < -0.3 is 14.7 Å². The smallest absolute Gasteiger partial charge is 0.174 e. The van der Waals surface area contributed by atoms with E-state index in [0.717, 1.165) is 0 Å². The Morgan fingerprint density at radius 3 is 2.80 bits per heavy atom. The number of methoxy groups -OCH3 is 1. The average molecular weight is 224 g/mol. The summed E-state index contributed by atoms with van der Waals surface area (Å²) in [6.45, 7) is 0. The van der Waals surface area contributed by atoms with Gasteiger partial charge in [-0.15, -0.1) is 0 Å². The number of nitrogens with one attached hydrogen (secondary N) is 2. The third-order valence-corrected chi connectivity index (χ3v) is 2.28. The number of hydrogen-bond donors (Lipinski definition) is 2. The predicted molar refractivity (Wildman–Crippen MR) is 57.9 cm³/mol. The van der Waals surface area contributed by atoms with Gasteiger partial charge >= 0.3 is 0 Å². The van der Waals surface area contributed by atoms with E-state index < -0.39 is 0 Å². The molecule has 0 spiro atoms. The Morgan fingerprint density at radius 2 is 2.20 bits per heavy atom. The molecule has 1 aromatic heterocycles. The van der Waals surface area contributed by atoms with Crippen molar-refractivity contribution in [1.29, 1.82) is 0 Å². The zero-order valence-electron chi connectivity index (χ0n) is 8.00. The molecular formula is C10H9FN2OS. The maximum atomic E-state index is 13.6. The van der Waals surface area contributed by atoms with Gasteiger partial charge in [0, 0.05) is 6.20 Å². The lowest BCUT2D eigenvalue weighted by Crippen LogP contribution is -1.91. The fraction of sp³-hybridized carbons (Fsp3) is 0.100. The third kappa shape index (κ3) is 1.78. The number of imidazole rings is 1. The molecule has 0 aliphatic heterocycles. The number of aromatic nitrogens is 2. The molecule has 0 aliphatic carbocycles. The summed E-state index contributed by atoms with van der Waals surface area (Å²) in [5.74, 6) is 0.125. The van der Waals surface area contributed by atoms with E-state index in [2.05, 4.69) is 9.97 Å². The van der Waals surface area contributed by atoms with Crippen LogP contribution in [0.2, 0.25) is 0 Å². The number of H-pyrrole nitrogens is 2. The molecule has 2 aromatic rings. The van der Waals surface area contributed by atoms with Gasteiger partial charge in [0.1, 0.15) is 11.6 Å². The number of benzene rings is 1. The van der Waals surface area contributed by atoms with Crippen LogP contribution in [0.4, 0.5) is 4.39 Å². The number of halogens is 1. The van der Waals surface area contributed by atoms with Crippen LogP contribution in [0.1, 0.15) is 0 Å². The van der Waals surface area contributed by atoms with Gasteiger partial charge in [0.25, 0.3) is 0 Å². The van der Waals surface area contributed by atoms with Crippen LogP contribution in [-0.4, -0.2) is 17.1 Å². The van der Waals surface area contributed by atoms with E-state index in [4.69, 9.17) is 17.0 Å². The zero-order chi connectivity index (χ0) is 10.8. The van der Waals surface area contributed by atoms with E-state index in [1.165, 1.54) is 13.2 Å². The Kier molecular flexibility index (Phi) is 2.55. The van der Waals surface area contributed by atoms with Crippen LogP contribution >= 0.6 is 12.2 Å². The molecule has 0 unspecified atom stereocenters. The van der Waals surface area contributed by atoms with Gasteiger partial charge in [-0.25, -0.2) is 4.39 Å². The first-order chi connectivity index (χ1) is 7.22. The standard InChI is InChI=1S/C10H9FN2OS/c1-14-8-4-2-3-6(11)9(8)7-5-12-10(15)13-7/h2-5H,1H3,(H2,12,13,15). The molecule has 5 heteroatoms. The molecule has 0 atom stereocenters. The van der Waals surface area contributed by atoms with E-state index in [9.17, 15) is 4.39 Å². The molecule has 0 bridgehead atoms. The van der Waals surface area contributed by atoms with E-state index in [-0.39, 0.29) is 5.82 Å². The second-order valence-electron chi connectivity index (χ2n) is 2.97. The topological polar surface area (TPSA) is 40.8 Å². The molecule has 0 fully saturated rings. The van der Waals surface area contributed by atoms with Crippen molar-refractivity contribution < 1.29 is 9.13 Å². The van der Waals surface area contributed by atoms with Crippen LogP contribution in [0.25, 0.3) is 11.3 Å². The molecule has 78 valence electrons. The summed E-state index contributed by atoms with van der Waals surface area (Å²) < 4.78 is 19.1. The third-order valence-electron chi connectivity index (χ3n) is 2.06. The van der Waals surface area contributed by atoms with Crippen LogP contribution < -0.4 is 4.74 Å². The van der Waals surface area contributed by atoms with Gasteiger partial charge in [0.2, 0.25) is 0 Å². The second-order valence-corrected chi connectivity index (χ2v) is 3.38. The highest BCUT2D eigenvalue weighted by Crippen LogP contribution is 2.30. The van der Waals surface area contributed by atoms with Gasteiger partial charge in [-0.1, -0.05) is 6.07 Å². The van der Waals surface area contributed by atoms with Gasteiger partial charge in [0.05, 0.1) is 18.4 Å². The fourth-order valence-electron chi connectivity index (χ4n) is 1.40. The first kappa shape index (κ1) is 9.92. The minimum absolute atomic E-state index is 0.348. The van der Waals surface area contributed by atoms with E-state index in [0.29, 0.717) is 21.8 Å². The van der Waals surface area contributed by atoms with Crippen molar-refractivity contribution in [2.75, 3.05) is 7.11 Å². The van der Waals surface area contributed by atoms with Gasteiger partial charge in [-0.05, 0) is 24.4 Å². The van der Waals surface area contributed by atoms with Crippen molar-refractivity contribution >= 4 is 12.2 Å². The molecule has 1 aromatic carbocycles. The van der Waals surface area contributed by atoms with Crippen LogP contribution in [0, 0.1) is 10.6 Å². The van der Waals surface area contributed by atoms with Crippen molar-refractivity contribution in [3.63, 3.8) is 0 Å². The van der Waals surface area contributed by atoms with Gasteiger partial charge in [0.15, 0.2) is 4.77 Å². The van der Waals surface area contributed by atoms with Crippen molar-refractivity contribution in [1.82, 2.24) is 9.97 Å². The Bertz CT molecular complexity index is 532. The first-order valence-corrected chi connectivity index (χ1v) is 4.74. The largest absolute Gasteiger partial charge is 0.496 e. The molecule has 0 aliphatic rings. The molecular weight excluding hydrogens is 215 g/mol. The quantitative estimate of drug-likeness (QED) is 0.770. The highest BCUT2D eigenvalue weighted by Gasteiger charge is 2.12. The van der Waals surface area contributed by atoms with Crippen molar-refractivity contribution in [3.05, 3.63) is 35.0 Å². The Labute approximate surface area is 90.9 Å². The maximum Gasteiger partial charge on any atom is 0.174 e. The highest BCUT2D eigenvalue weighted by atomic mass is 32.1. The number of ether oxygens (including phenoxy) is 1. The van der Waals surface area contributed by atoms with Crippen molar-refractivity contribution in [2.24, 2.45) is 0 Å². The summed E-state index contributed by atoms with van der Waals surface area (Å²) in [7, 11) is 1.50. The number of aromatic amines is 2. The molecule has 0 radical (unpaired) electrons. The molecule has 3 nitrogen and oxygen atoms in total. The molecule has 2 rings (SSSR count). The molecule has 15 heavy (non-hydrogen) atoms. The normalized spacial score (nSPS) is 10.3. The maximum absolute atomic E-state index is 13.6. The summed E-state index contributed by atoms with van der Waals surface area (Å²) in [5.41, 5.74) is 0.960. The average Bonchev–Trinajstić information content (AvgIpc) is 2.64. The van der Waals surface area contributed by atoms with Crippen molar-refractivity contribution in [3.8, 4) is 17.0 Å². The van der Waals surface area contributed by atoms with Crippen LogP contribution in [-0.2, 0) is 0 Å². The zero-order valence-corrected chi connectivity index (χ0v) is 8.82. The first-order valence-electron chi connectivity index (χ1n) is 4.33. The Morgan fingerprint density at radius 1 is 1.40 bits per heavy atom. The lowest BCUT2D eigenvalue weighted by atomic mass is 10.1. The summed E-state index contributed by atoms with van der Waals surface area (Å²) in [4.78, 5) is 5.63. The second kappa shape index (κ2) is 3.86. The summed E-state index contributed by atoms with van der Waals surface area (Å²) in [5, 5.41) is 0. The summed E-state index contributed by atoms with van der Waals surface area (Å²) in [6, 6.07) is 4.67. The predicted octanol–water partition coefficient (Wildman–Crippen LogP) is 2.89. The minimum atomic E-state index is -0.348. The molecule has 0 saturated carbocycles. The number of hydrogen-bond acceptors (Lipinski definition) is 2. The van der Waals surface area contributed by atoms with E-state index in [1.807, 2.05) is 0 Å². The summed E-state index contributed by atoms with van der Waals surface area (Å²) >= 11 is 4.88. The molecule has 1 heterocycles. The van der Waals surface area contributed by atoms with Crippen LogP contribution in [0.3, 0.4) is 0 Å². The van der Waals surface area contributed by atoms with Crippen molar-refractivity contribution in [2.45, 2.75) is 0 Å². The Hall–Kier alpha value is -1.62. The van der Waals surface area contributed by atoms with Gasteiger partial charge in [-0.2, -0.15) is 0 Å². The monoisotopic (exact) mass is 224 g/mol. The fourth-order valence-corrected chi connectivity index (χ4v) is 1.57. The lowest BCUT2D eigenvalue weighted by molar-refractivity contribution is 0.413. The lowest BCUT2D eigenvalue weighted by Gasteiger charge is -2.06. The number of rotatable bonds is 2. The van der Waals surface area contributed by atoms with Crippen LogP contribution in [0.5, 0.6) is 5.75 Å². The van der Waals surface area contributed by atoms with Crippen LogP contribution in [0.15, 0.2) is 24.4 Å². The molecule has 2 N–H and O–H groups in total. The molecule has 0 amide bonds. The minimum Gasteiger partial charge on any atom is -0.496 e. The van der Waals surface area contributed by atoms with E-state index in [1.54, 1.807) is 18.3 Å². The Balaban J connectivity index is 2.65. The summed E-state index contributed by atoms with van der Waals surface area (Å²) in [6.07, 6.45) is 1.61. The van der Waals surface area contributed by atoms with Gasteiger partial charge in [-0.3, -0.25) is 0 Å².